The van der Waals surface area contributed by atoms with Gasteiger partial charge in [0.25, 0.3) is 0 Å². The molecule has 0 bridgehead atoms. The second-order valence-corrected chi connectivity index (χ2v) is 6.23. The van der Waals surface area contributed by atoms with Gasteiger partial charge >= 0.3 is 0 Å². The van der Waals surface area contributed by atoms with Crippen molar-refractivity contribution in [1.29, 1.82) is 0 Å². The van der Waals surface area contributed by atoms with Crippen molar-refractivity contribution in [1.82, 2.24) is 0 Å². The van der Waals surface area contributed by atoms with E-state index in [4.69, 9.17) is 0 Å². The number of fused-ring (bicyclic) bond motifs is 3. The van der Waals surface area contributed by atoms with Crippen LogP contribution < -0.4 is 0 Å². The molecule has 2 aliphatic rings. The van der Waals surface area contributed by atoms with Gasteiger partial charge in [-0.3, -0.25) is 0 Å². The van der Waals surface area contributed by atoms with E-state index in [1.165, 1.54) is 40.7 Å². The van der Waals surface area contributed by atoms with E-state index in [0.29, 0.717) is 0 Å². The Morgan fingerprint density at radius 1 is 0.875 bits per heavy atom. The number of benzene rings is 2. The van der Waals surface area contributed by atoms with Crippen molar-refractivity contribution >= 4 is 24.8 Å². The number of hydrogen-bond acceptors (Lipinski definition) is 0. The average Bonchev–Trinajstić information content (AvgIpc) is 3.09. The summed E-state index contributed by atoms with van der Waals surface area (Å²) < 4.78 is 0. The van der Waals surface area contributed by atoms with Crippen LogP contribution in [0.15, 0.2) is 65.8 Å². The summed E-state index contributed by atoms with van der Waals surface area (Å²) in [5.41, 5.74) is 10.5. The van der Waals surface area contributed by atoms with E-state index in [0.717, 1.165) is 12.8 Å². The first kappa shape index (κ1) is 21.4. The summed E-state index contributed by atoms with van der Waals surface area (Å²) in [6, 6.07) is 15.7. The molecule has 0 unspecified atom stereocenters. The molecule has 0 aromatic heterocycles. The summed E-state index contributed by atoms with van der Waals surface area (Å²) in [4.78, 5) is 0. The van der Waals surface area contributed by atoms with E-state index in [1.807, 2.05) is 0 Å². The van der Waals surface area contributed by atoms with Crippen molar-refractivity contribution in [2.45, 2.75) is 32.6 Å². The van der Waals surface area contributed by atoms with Crippen LogP contribution in [0.1, 0.15) is 36.5 Å². The van der Waals surface area contributed by atoms with Crippen molar-refractivity contribution in [3.8, 4) is 11.1 Å². The van der Waals surface area contributed by atoms with Crippen LogP contribution >= 0.6 is 24.8 Å². The number of aryl methyl sites for hydroxylation is 1. The fourth-order valence-corrected chi connectivity index (χ4v) is 3.66. The second kappa shape index (κ2) is 9.18. The fraction of sp³-hybridized carbons (Fsp3) is 0.238. The van der Waals surface area contributed by atoms with Crippen LogP contribution in [-0.2, 0) is 39.0 Å². The molecule has 3 heteroatoms. The molecule has 2 aliphatic carbocycles. The Morgan fingerprint density at radius 2 is 1.62 bits per heavy atom. The van der Waals surface area contributed by atoms with Gasteiger partial charge in [0, 0.05) is 26.2 Å². The molecule has 0 heterocycles. The van der Waals surface area contributed by atoms with Gasteiger partial charge in [0.2, 0.25) is 0 Å². The third-order valence-corrected chi connectivity index (χ3v) is 4.78. The Labute approximate surface area is 176 Å². The zero-order chi connectivity index (χ0) is 14.2. The van der Waals surface area contributed by atoms with E-state index in [9.17, 15) is 0 Å². The average molecular weight is 437 g/mol. The Hall–Kier alpha value is -0.617. The van der Waals surface area contributed by atoms with Gasteiger partial charge in [-0.1, -0.05) is 65.8 Å². The van der Waals surface area contributed by atoms with E-state index >= 15 is 0 Å². The zero-order valence-electron chi connectivity index (χ0n) is 13.8. The maximum absolute atomic E-state index is 2.36. The summed E-state index contributed by atoms with van der Waals surface area (Å²) in [6.07, 6.45) is 9.32. The molecule has 0 N–H and O–H groups in total. The first-order valence-electron chi connectivity index (χ1n) is 7.86. The van der Waals surface area contributed by atoms with Gasteiger partial charge in [-0.15, -0.1) is 24.8 Å². The topological polar surface area (TPSA) is 0 Å². The van der Waals surface area contributed by atoms with Gasteiger partial charge < -0.3 is 0 Å². The van der Waals surface area contributed by atoms with Crippen LogP contribution in [0.3, 0.4) is 0 Å². The molecule has 0 radical (unpaired) electrons. The number of hydrogen-bond donors (Lipinski definition) is 0. The maximum atomic E-state index is 2.36. The first-order chi connectivity index (χ1) is 10.3. The van der Waals surface area contributed by atoms with Crippen LogP contribution in [0.4, 0.5) is 0 Å². The molecule has 0 saturated carbocycles. The van der Waals surface area contributed by atoms with Crippen LogP contribution in [0, 0.1) is 0 Å². The standard InChI is InChI=1S/C21H20.2ClH.Zr/c1-15-9-10-16(13-15)11-12-17-6-4-8-20-19-7-3-2-5-18(19)14-21(17)20;;;/h2-9,13H,10-12,14H2,1H3;2*1H;. The van der Waals surface area contributed by atoms with Crippen molar-refractivity contribution in [3.05, 3.63) is 82.5 Å². The van der Waals surface area contributed by atoms with E-state index in [2.05, 4.69) is 61.5 Å². The first-order valence-corrected chi connectivity index (χ1v) is 7.86. The molecule has 0 spiro atoms. The quantitative estimate of drug-likeness (QED) is 0.451. The summed E-state index contributed by atoms with van der Waals surface area (Å²) >= 11 is 0. The van der Waals surface area contributed by atoms with Gasteiger partial charge in [0.05, 0.1) is 0 Å². The Balaban J connectivity index is 0.000000960. The number of halogens is 2. The van der Waals surface area contributed by atoms with Gasteiger partial charge in [-0.05, 0) is 60.4 Å². The SMILES string of the molecule is CC1=CCC(CCc2cccc3c2Cc2ccccc2-3)=C1.Cl.Cl.[Zr]. The number of allylic oxidation sites excluding steroid dienone is 4. The molecule has 24 heavy (non-hydrogen) atoms. The van der Waals surface area contributed by atoms with E-state index in [-0.39, 0.29) is 51.0 Å². The van der Waals surface area contributed by atoms with Crippen molar-refractivity contribution < 1.29 is 26.2 Å². The van der Waals surface area contributed by atoms with Gasteiger partial charge in [-0.25, -0.2) is 0 Å². The van der Waals surface area contributed by atoms with E-state index in [1.54, 1.807) is 11.1 Å². The molecule has 0 aliphatic heterocycles. The molecular weight excluding hydrogens is 414 g/mol. The van der Waals surface area contributed by atoms with Crippen LogP contribution in [-0.4, -0.2) is 0 Å². The normalized spacial score (nSPS) is 13.5. The predicted octanol–water partition coefficient (Wildman–Crippen LogP) is 6.31. The minimum atomic E-state index is 0. The third kappa shape index (κ3) is 4.13. The zero-order valence-corrected chi connectivity index (χ0v) is 17.9. The number of rotatable bonds is 3. The van der Waals surface area contributed by atoms with Crippen molar-refractivity contribution in [2.24, 2.45) is 0 Å². The minimum absolute atomic E-state index is 0. The van der Waals surface area contributed by atoms with Crippen molar-refractivity contribution in [3.63, 3.8) is 0 Å². The fourth-order valence-electron chi connectivity index (χ4n) is 3.66. The molecule has 0 amide bonds. The smallest absolute Gasteiger partial charge is 0 e. The minimum Gasteiger partial charge on any atom is -0.147 e. The van der Waals surface area contributed by atoms with E-state index < -0.39 is 0 Å². The van der Waals surface area contributed by atoms with Crippen molar-refractivity contribution in [2.75, 3.05) is 0 Å². The molecule has 4 rings (SSSR count). The van der Waals surface area contributed by atoms with Crippen LogP contribution in [0.5, 0.6) is 0 Å². The molecule has 0 fully saturated rings. The Bertz CT molecular complexity index is 775. The Kier molecular flexibility index (Phi) is 8.20. The monoisotopic (exact) mass is 434 g/mol. The van der Waals surface area contributed by atoms with Gasteiger partial charge in [0.15, 0.2) is 0 Å². The van der Waals surface area contributed by atoms with Gasteiger partial charge in [0.1, 0.15) is 0 Å². The summed E-state index contributed by atoms with van der Waals surface area (Å²) in [5, 5.41) is 0. The molecule has 124 valence electrons. The molecular formula is C21H22Cl2Zr. The summed E-state index contributed by atoms with van der Waals surface area (Å²) in [6.45, 7) is 2.20. The van der Waals surface area contributed by atoms with Gasteiger partial charge in [-0.2, -0.15) is 0 Å². The maximum Gasteiger partial charge on any atom is 0 e. The molecule has 0 saturated heterocycles. The Morgan fingerprint density at radius 3 is 2.38 bits per heavy atom. The summed E-state index contributed by atoms with van der Waals surface area (Å²) in [7, 11) is 0. The molecule has 0 nitrogen and oxygen atoms in total. The van der Waals surface area contributed by atoms with Crippen LogP contribution in [0.25, 0.3) is 11.1 Å². The van der Waals surface area contributed by atoms with Crippen LogP contribution in [0.2, 0.25) is 0 Å². The molecule has 2 aromatic carbocycles. The largest absolute Gasteiger partial charge is 0.147 e. The summed E-state index contributed by atoms with van der Waals surface area (Å²) in [5.74, 6) is 0. The molecule has 0 atom stereocenters. The third-order valence-electron chi connectivity index (χ3n) is 4.78. The molecule has 2 aromatic rings. The second-order valence-electron chi connectivity index (χ2n) is 6.23. The predicted molar refractivity (Wildman–Crippen MR) is 104 cm³/mol.